The van der Waals surface area contributed by atoms with Gasteiger partial charge in [-0.15, -0.1) is 0 Å². The molecule has 9 heteroatoms. The van der Waals surface area contributed by atoms with Crippen molar-refractivity contribution >= 4 is 29.3 Å². The van der Waals surface area contributed by atoms with Gasteiger partial charge in [0, 0.05) is 12.1 Å². The topological polar surface area (TPSA) is 74.1 Å². The third-order valence-electron chi connectivity index (χ3n) is 4.18. The highest BCUT2D eigenvalue weighted by molar-refractivity contribution is 8.00. The number of benzene rings is 1. The number of alkyl halides is 3. The lowest BCUT2D eigenvalue weighted by atomic mass is 10.1. The van der Waals surface area contributed by atoms with Crippen LogP contribution in [0.25, 0.3) is 0 Å². The standard InChI is InChI=1S/C19H14F3N3O2S/c1-10-3-5-12(6-4-10)25-16(26)8-15(18(25)27)28-17-13(9-23)14(19(20,21)22)7-11(2)24-17/h3-7,15H,8H2,1-2H3. The zero-order valence-corrected chi connectivity index (χ0v) is 15.7. The fourth-order valence-corrected chi connectivity index (χ4v) is 4.03. The van der Waals surface area contributed by atoms with Crippen LogP contribution in [0.1, 0.15) is 28.8 Å². The first-order chi connectivity index (χ1) is 13.1. The SMILES string of the molecule is Cc1ccc(N2C(=O)CC(Sc3nc(C)cc(C(F)(F)F)c3C#N)C2=O)cc1. The number of halogens is 3. The van der Waals surface area contributed by atoms with E-state index >= 15 is 0 Å². The van der Waals surface area contributed by atoms with E-state index in [0.29, 0.717) is 17.4 Å². The van der Waals surface area contributed by atoms with E-state index in [-0.39, 0.29) is 17.1 Å². The molecule has 0 spiro atoms. The Balaban J connectivity index is 1.94. The molecule has 1 unspecified atom stereocenters. The predicted octanol–water partition coefficient (Wildman–Crippen LogP) is 4.01. The Bertz CT molecular complexity index is 997. The van der Waals surface area contributed by atoms with Gasteiger partial charge in [-0.05, 0) is 32.0 Å². The van der Waals surface area contributed by atoms with E-state index < -0.39 is 34.4 Å². The Labute approximate surface area is 163 Å². The average molecular weight is 405 g/mol. The van der Waals surface area contributed by atoms with Crippen LogP contribution in [0.4, 0.5) is 18.9 Å². The van der Waals surface area contributed by atoms with E-state index in [1.807, 2.05) is 6.92 Å². The quantitative estimate of drug-likeness (QED) is 0.722. The number of nitriles is 1. The van der Waals surface area contributed by atoms with Crippen molar-refractivity contribution in [1.29, 1.82) is 5.26 Å². The van der Waals surface area contributed by atoms with E-state index in [1.165, 1.54) is 13.0 Å². The summed E-state index contributed by atoms with van der Waals surface area (Å²) in [5.74, 6) is -0.992. The highest BCUT2D eigenvalue weighted by Crippen LogP contribution is 2.39. The lowest BCUT2D eigenvalue weighted by molar-refractivity contribution is -0.138. The maximum Gasteiger partial charge on any atom is 0.417 e. The highest BCUT2D eigenvalue weighted by Gasteiger charge is 2.42. The molecule has 2 heterocycles. The summed E-state index contributed by atoms with van der Waals surface area (Å²) in [6, 6.07) is 9.09. The summed E-state index contributed by atoms with van der Waals surface area (Å²) >= 11 is 0.715. The number of imide groups is 1. The minimum absolute atomic E-state index is 0.0704. The minimum Gasteiger partial charge on any atom is -0.274 e. The largest absolute Gasteiger partial charge is 0.417 e. The Morgan fingerprint density at radius 2 is 1.86 bits per heavy atom. The number of pyridine rings is 1. The number of carbonyl (C=O) groups excluding carboxylic acids is 2. The maximum absolute atomic E-state index is 13.2. The summed E-state index contributed by atoms with van der Waals surface area (Å²) in [5, 5.41) is 8.09. The van der Waals surface area contributed by atoms with Gasteiger partial charge in [-0.2, -0.15) is 18.4 Å². The van der Waals surface area contributed by atoms with Gasteiger partial charge in [0.05, 0.1) is 22.1 Å². The molecular formula is C19H14F3N3O2S. The molecule has 2 amide bonds. The first-order valence-electron chi connectivity index (χ1n) is 8.21. The van der Waals surface area contributed by atoms with E-state index in [9.17, 15) is 28.0 Å². The van der Waals surface area contributed by atoms with Crippen molar-refractivity contribution in [2.45, 2.75) is 36.7 Å². The fraction of sp³-hybridized carbons (Fsp3) is 0.263. The van der Waals surface area contributed by atoms with Gasteiger partial charge >= 0.3 is 6.18 Å². The summed E-state index contributed by atoms with van der Waals surface area (Å²) in [6.07, 6.45) is -4.91. The van der Waals surface area contributed by atoms with Crippen LogP contribution in [0.15, 0.2) is 35.4 Å². The van der Waals surface area contributed by atoms with Crippen LogP contribution in [-0.2, 0) is 15.8 Å². The molecule has 1 aliphatic rings. The summed E-state index contributed by atoms with van der Waals surface area (Å²) in [5.41, 5.74) is -0.316. The van der Waals surface area contributed by atoms with Crippen molar-refractivity contribution in [3.63, 3.8) is 0 Å². The number of thioether (sulfide) groups is 1. The van der Waals surface area contributed by atoms with Crippen molar-refractivity contribution < 1.29 is 22.8 Å². The number of rotatable bonds is 3. The molecule has 144 valence electrons. The van der Waals surface area contributed by atoms with Gasteiger partial charge in [0.2, 0.25) is 11.8 Å². The number of nitrogens with zero attached hydrogens (tertiary/aromatic N) is 3. The third kappa shape index (κ3) is 3.73. The zero-order chi connectivity index (χ0) is 20.6. The maximum atomic E-state index is 13.2. The smallest absolute Gasteiger partial charge is 0.274 e. The zero-order valence-electron chi connectivity index (χ0n) is 14.9. The van der Waals surface area contributed by atoms with E-state index in [2.05, 4.69) is 4.98 Å². The molecule has 0 saturated carbocycles. The molecular weight excluding hydrogens is 391 g/mol. The number of hydrogen-bond donors (Lipinski definition) is 0. The van der Waals surface area contributed by atoms with Crippen LogP contribution < -0.4 is 4.90 Å². The van der Waals surface area contributed by atoms with Gasteiger partial charge in [0.15, 0.2) is 0 Å². The van der Waals surface area contributed by atoms with Gasteiger partial charge < -0.3 is 0 Å². The lowest BCUT2D eigenvalue weighted by Crippen LogP contribution is -2.31. The van der Waals surface area contributed by atoms with Crippen LogP contribution >= 0.6 is 11.8 Å². The molecule has 0 radical (unpaired) electrons. The molecule has 28 heavy (non-hydrogen) atoms. The molecule has 3 rings (SSSR count). The minimum atomic E-state index is -4.72. The Morgan fingerprint density at radius 3 is 2.43 bits per heavy atom. The molecule has 0 aliphatic carbocycles. The Morgan fingerprint density at radius 1 is 1.21 bits per heavy atom. The Hall–Kier alpha value is -2.86. The fourth-order valence-electron chi connectivity index (χ4n) is 2.86. The summed E-state index contributed by atoms with van der Waals surface area (Å²) in [4.78, 5) is 30.1. The number of aromatic nitrogens is 1. The molecule has 1 aromatic heterocycles. The molecule has 1 fully saturated rings. The molecule has 1 aliphatic heterocycles. The van der Waals surface area contributed by atoms with Crippen molar-refractivity contribution in [3.8, 4) is 6.07 Å². The van der Waals surface area contributed by atoms with Crippen molar-refractivity contribution in [2.24, 2.45) is 0 Å². The van der Waals surface area contributed by atoms with Crippen molar-refractivity contribution in [2.75, 3.05) is 4.90 Å². The predicted molar refractivity (Wildman–Crippen MR) is 96.6 cm³/mol. The molecule has 0 N–H and O–H groups in total. The number of aryl methyl sites for hydroxylation is 2. The molecule has 2 aromatic rings. The third-order valence-corrected chi connectivity index (χ3v) is 5.35. The first-order valence-corrected chi connectivity index (χ1v) is 9.09. The van der Waals surface area contributed by atoms with Gasteiger partial charge in [0.25, 0.3) is 0 Å². The van der Waals surface area contributed by atoms with Crippen molar-refractivity contribution in [3.05, 3.63) is 52.7 Å². The van der Waals surface area contributed by atoms with E-state index in [0.717, 1.165) is 16.5 Å². The van der Waals surface area contributed by atoms with Crippen LogP contribution in [0, 0.1) is 25.2 Å². The summed E-state index contributed by atoms with van der Waals surface area (Å²) in [6.45, 7) is 3.24. The van der Waals surface area contributed by atoms with E-state index in [1.54, 1.807) is 24.3 Å². The number of carbonyl (C=O) groups is 2. The normalized spacial score (nSPS) is 17.1. The first kappa shape index (κ1) is 19.9. The van der Waals surface area contributed by atoms with Crippen molar-refractivity contribution in [1.82, 2.24) is 4.98 Å². The van der Waals surface area contributed by atoms with E-state index in [4.69, 9.17) is 0 Å². The molecule has 1 saturated heterocycles. The van der Waals surface area contributed by atoms with Gasteiger partial charge in [-0.3, -0.25) is 9.59 Å². The second-order valence-corrected chi connectivity index (χ2v) is 7.51. The number of amides is 2. The van der Waals surface area contributed by atoms with Crippen LogP contribution in [0.3, 0.4) is 0 Å². The average Bonchev–Trinajstić information content (AvgIpc) is 2.88. The van der Waals surface area contributed by atoms with Gasteiger partial charge in [0.1, 0.15) is 11.1 Å². The molecule has 0 bridgehead atoms. The van der Waals surface area contributed by atoms with Crippen LogP contribution in [0.2, 0.25) is 0 Å². The second kappa shape index (κ2) is 7.28. The number of anilines is 1. The summed E-state index contributed by atoms with van der Waals surface area (Å²) < 4.78 is 39.7. The Kier molecular flexibility index (Phi) is 5.17. The lowest BCUT2D eigenvalue weighted by Gasteiger charge is -2.16. The molecule has 5 nitrogen and oxygen atoms in total. The van der Waals surface area contributed by atoms with Crippen LogP contribution in [0.5, 0.6) is 0 Å². The van der Waals surface area contributed by atoms with Crippen LogP contribution in [-0.4, -0.2) is 22.0 Å². The number of hydrogen-bond acceptors (Lipinski definition) is 5. The summed E-state index contributed by atoms with van der Waals surface area (Å²) in [7, 11) is 0. The monoisotopic (exact) mass is 405 g/mol. The van der Waals surface area contributed by atoms with Gasteiger partial charge in [-0.25, -0.2) is 9.88 Å². The van der Waals surface area contributed by atoms with Gasteiger partial charge in [-0.1, -0.05) is 29.5 Å². The highest BCUT2D eigenvalue weighted by atomic mass is 32.2. The molecule has 1 aromatic carbocycles. The second-order valence-electron chi connectivity index (χ2n) is 6.31. The molecule has 1 atom stereocenters.